The van der Waals surface area contributed by atoms with Crippen LogP contribution in [0, 0.1) is 0 Å². The first-order chi connectivity index (χ1) is 7.85. The minimum atomic E-state index is 0.0165. The molecule has 4 heteroatoms. The van der Waals surface area contributed by atoms with E-state index >= 15 is 0 Å². The largest absolute Gasteiger partial charge is 0.219 e. The minimum absolute atomic E-state index is 0.0165. The fourth-order valence-corrected chi connectivity index (χ4v) is 1.72. The van der Waals surface area contributed by atoms with Crippen LogP contribution in [0.5, 0.6) is 0 Å². The second-order valence-electron chi connectivity index (χ2n) is 4.18. The maximum atomic E-state index is 7.96. The lowest BCUT2D eigenvalue weighted by molar-refractivity contribution is -0.631. The molecule has 0 aromatic carbocycles. The van der Waals surface area contributed by atoms with Crippen LogP contribution in [0.1, 0.15) is 71.6 Å². The summed E-state index contributed by atoms with van der Waals surface area (Å²) < 4.78 is 0. The van der Waals surface area contributed by atoms with Gasteiger partial charge in [0.1, 0.15) is 0 Å². The molecule has 0 amide bonds. The van der Waals surface area contributed by atoms with Gasteiger partial charge in [-0.1, -0.05) is 58.8 Å². The Labute approximate surface area is 98.7 Å². The maximum absolute atomic E-state index is 7.96. The van der Waals surface area contributed by atoms with Crippen molar-refractivity contribution in [3.63, 3.8) is 0 Å². The second kappa shape index (κ2) is 12.9. The first-order valence-electron chi connectivity index (χ1n) is 6.48. The molecular formula is C12H26O4. The second-order valence-corrected chi connectivity index (χ2v) is 4.18. The van der Waals surface area contributed by atoms with Crippen molar-refractivity contribution in [1.29, 1.82) is 0 Å². The quantitative estimate of drug-likeness (QED) is 0.311. The summed E-state index contributed by atoms with van der Waals surface area (Å²) in [5, 5.41) is 15.4. The van der Waals surface area contributed by atoms with Crippen LogP contribution in [0.4, 0.5) is 0 Å². The summed E-state index contributed by atoms with van der Waals surface area (Å²) in [6, 6.07) is 0. The smallest absolute Gasteiger partial charge is 0.0959 e. The van der Waals surface area contributed by atoms with E-state index in [1.54, 1.807) is 0 Å². The van der Waals surface area contributed by atoms with Gasteiger partial charge in [-0.3, -0.25) is 0 Å². The zero-order valence-corrected chi connectivity index (χ0v) is 10.6. The monoisotopic (exact) mass is 234 g/mol. The molecule has 0 saturated heterocycles. The topological polar surface area (TPSA) is 47.9 Å². The third kappa shape index (κ3) is 10.4. The predicted octanol–water partition coefficient (Wildman–Crippen LogP) is 4.26. The van der Waals surface area contributed by atoms with Crippen LogP contribution in [-0.4, -0.2) is 11.4 Å². The van der Waals surface area contributed by atoms with Crippen molar-refractivity contribution >= 4 is 0 Å². The molecule has 0 bridgehead atoms. The first kappa shape index (κ1) is 15.8. The van der Waals surface area contributed by atoms with E-state index in [0.29, 0.717) is 0 Å². The third-order valence-electron chi connectivity index (χ3n) is 2.79. The van der Waals surface area contributed by atoms with Crippen LogP contribution in [-0.2, 0) is 15.0 Å². The molecule has 1 N–H and O–H groups in total. The lowest BCUT2D eigenvalue weighted by Gasteiger charge is -2.11. The maximum Gasteiger partial charge on any atom is 0.0959 e. The van der Waals surface area contributed by atoms with Crippen LogP contribution in [0.3, 0.4) is 0 Å². The Morgan fingerprint density at radius 3 is 2.12 bits per heavy atom. The van der Waals surface area contributed by atoms with E-state index in [0.717, 1.165) is 19.3 Å². The van der Waals surface area contributed by atoms with Crippen LogP contribution >= 0.6 is 0 Å². The molecule has 16 heavy (non-hydrogen) atoms. The Bertz CT molecular complexity index is 130. The standard InChI is InChI=1S/C12H26O4/c1-3-5-6-7-8-9-10-11-12(4-2)14-16-15-13/h12-13H,3-11H2,1-2H3. The highest BCUT2D eigenvalue weighted by Crippen LogP contribution is 2.13. The molecule has 0 aliphatic rings. The van der Waals surface area contributed by atoms with Gasteiger partial charge in [-0.25, -0.2) is 10.1 Å². The normalized spacial score (nSPS) is 12.9. The molecule has 4 nitrogen and oxygen atoms in total. The number of rotatable bonds is 12. The van der Waals surface area contributed by atoms with Gasteiger partial charge in [0, 0.05) is 0 Å². The molecule has 0 radical (unpaired) electrons. The predicted molar refractivity (Wildman–Crippen MR) is 62.6 cm³/mol. The lowest BCUT2D eigenvalue weighted by Crippen LogP contribution is -2.11. The average Bonchev–Trinajstić information content (AvgIpc) is 2.32. The molecular weight excluding hydrogens is 208 g/mol. The van der Waals surface area contributed by atoms with E-state index in [1.807, 2.05) is 6.92 Å². The number of hydrogen-bond acceptors (Lipinski definition) is 4. The van der Waals surface area contributed by atoms with Crippen LogP contribution in [0.15, 0.2) is 0 Å². The number of hydrogen-bond donors (Lipinski definition) is 1. The van der Waals surface area contributed by atoms with Crippen molar-refractivity contribution in [1.82, 2.24) is 0 Å². The van der Waals surface area contributed by atoms with Crippen molar-refractivity contribution in [2.75, 3.05) is 0 Å². The SMILES string of the molecule is CCCCCCCCCC(CC)OOOO. The third-order valence-corrected chi connectivity index (χ3v) is 2.79. The highest BCUT2D eigenvalue weighted by Gasteiger charge is 2.07. The summed E-state index contributed by atoms with van der Waals surface area (Å²) in [5.74, 6) is 0. The molecule has 0 rings (SSSR count). The Balaban J connectivity index is 3.20. The van der Waals surface area contributed by atoms with Gasteiger partial charge in [0.25, 0.3) is 0 Å². The van der Waals surface area contributed by atoms with Crippen molar-refractivity contribution in [3.8, 4) is 0 Å². The van der Waals surface area contributed by atoms with Crippen molar-refractivity contribution in [2.45, 2.75) is 77.7 Å². The average molecular weight is 234 g/mol. The highest BCUT2D eigenvalue weighted by molar-refractivity contribution is 4.54. The molecule has 1 atom stereocenters. The van der Waals surface area contributed by atoms with E-state index in [-0.39, 0.29) is 6.10 Å². The summed E-state index contributed by atoms with van der Waals surface area (Å²) >= 11 is 0. The van der Waals surface area contributed by atoms with Crippen molar-refractivity contribution in [3.05, 3.63) is 0 Å². The summed E-state index contributed by atoms with van der Waals surface area (Å²) in [4.78, 5) is 4.81. The molecule has 0 saturated carbocycles. The Kier molecular flexibility index (Phi) is 12.8. The van der Waals surface area contributed by atoms with Gasteiger partial charge in [0.2, 0.25) is 0 Å². The van der Waals surface area contributed by atoms with E-state index in [9.17, 15) is 0 Å². The van der Waals surface area contributed by atoms with E-state index in [1.165, 1.54) is 38.5 Å². The van der Waals surface area contributed by atoms with Gasteiger partial charge in [0.15, 0.2) is 0 Å². The van der Waals surface area contributed by atoms with Gasteiger partial charge in [0.05, 0.1) is 6.10 Å². The van der Waals surface area contributed by atoms with E-state index < -0.39 is 0 Å². The summed E-state index contributed by atoms with van der Waals surface area (Å²) in [7, 11) is 0. The summed E-state index contributed by atoms with van der Waals surface area (Å²) in [5.41, 5.74) is 0. The molecule has 0 heterocycles. The van der Waals surface area contributed by atoms with Gasteiger partial charge >= 0.3 is 0 Å². The minimum Gasteiger partial charge on any atom is -0.219 e. The van der Waals surface area contributed by atoms with Crippen LogP contribution in [0.25, 0.3) is 0 Å². The van der Waals surface area contributed by atoms with Crippen LogP contribution < -0.4 is 0 Å². The van der Waals surface area contributed by atoms with Gasteiger partial charge in [-0.2, -0.15) is 0 Å². The molecule has 0 aliphatic carbocycles. The Hall–Kier alpha value is -0.160. The van der Waals surface area contributed by atoms with Crippen LogP contribution in [0.2, 0.25) is 0 Å². The van der Waals surface area contributed by atoms with Crippen molar-refractivity contribution < 1.29 is 20.2 Å². The van der Waals surface area contributed by atoms with E-state index in [2.05, 4.69) is 17.0 Å². The number of unbranched alkanes of at least 4 members (excludes halogenated alkanes) is 6. The molecule has 1 unspecified atom stereocenters. The Morgan fingerprint density at radius 1 is 0.938 bits per heavy atom. The molecule has 0 aromatic rings. The van der Waals surface area contributed by atoms with Gasteiger partial charge in [-0.15, -0.1) is 0 Å². The molecule has 0 aliphatic heterocycles. The lowest BCUT2D eigenvalue weighted by atomic mass is 10.1. The zero-order valence-electron chi connectivity index (χ0n) is 10.6. The molecule has 0 fully saturated rings. The Morgan fingerprint density at radius 2 is 1.56 bits per heavy atom. The molecule has 0 spiro atoms. The molecule has 98 valence electrons. The molecule has 0 aromatic heterocycles. The summed E-state index contributed by atoms with van der Waals surface area (Å²) in [6.45, 7) is 4.25. The fourth-order valence-electron chi connectivity index (χ4n) is 1.72. The zero-order chi connectivity index (χ0) is 12.1. The highest BCUT2D eigenvalue weighted by atomic mass is 17.6. The fraction of sp³-hybridized carbons (Fsp3) is 1.00. The van der Waals surface area contributed by atoms with Gasteiger partial charge in [-0.05, 0) is 22.9 Å². The first-order valence-corrected chi connectivity index (χ1v) is 6.48. The van der Waals surface area contributed by atoms with Gasteiger partial charge < -0.3 is 0 Å². The van der Waals surface area contributed by atoms with Crippen molar-refractivity contribution in [2.24, 2.45) is 0 Å². The summed E-state index contributed by atoms with van der Waals surface area (Å²) in [6.07, 6.45) is 10.8. The van der Waals surface area contributed by atoms with E-state index in [4.69, 9.17) is 10.1 Å².